The molecule has 0 radical (unpaired) electrons. The molecule has 0 spiro atoms. The van der Waals surface area contributed by atoms with Crippen LogP contribution in [0, 0.1) is 0 Å². The molecule has 0 bridgehead atoms. The molecular formula is C27H21F4N3O4. The van der Waals surface area contributed by atoms with Crippen molar-refractivity contribution in [3.05, 3.63) is 95.7 Å². The summed E-state index contributed by atoms with van der Waals surface area (Å²) in [6.45, 7) is -4.66. The van der Waals surface area contributed by atoms with Gasteiger partial charge in [0.25, 0.3) is 5.91 Å². The first-order valence-electron chi connectivity index (χ1n) is 11.2. The zero-order valence-electron chi connectivity index (χ0n) is 19.9. The zero-order chi connectivity index (χ0) is 27.1. The molecule has 0 atom stereocenters. The molecule has 0 saturated heterocycles. The number of nitrogens with one attached hydrogen (secondary N) is 1. The molecule has 4 aromatic rings. The van der Waals surface area contributed by atoms with E-state index >= 15 is 0 Å². The minimum atomic E-state index is -3.21. The third kappa shape index (κ3) is 6.75. The van der Waals surface area contributed by atoms with Gasteiger partial charge in [0.1, 0.15) is 29.4 Å². The average molecular weight is 527 g/mol. The van der Waals surface area contributed by atoms with Crippen molar-refractivity contribution in [1.82, 2.24) is 10.4 Å². The zero-order valence-corrected chi connectivity index (χ0v) is 19.9. The highest BCUT2D eigenvalue weighted by Gasteiger charge is 2.16. The van der Waals surface area contributed by atoms with Crippen molar-refractivity contribution in [2.45, 2.75) is 26.8 Å². The molecule has 7 nitrogen and oxygen atoms in total. The van der Waals surface area contributed by atoms with Gasteiger partial charge in [0, 0.05) is 28.8 Å². The molecule has 0 unspecified atom stereocenters. The summed E-state index contributed by atoms with van der Waals surface area (Å²) in [6.07, 6.45) is 1.69. The molecule has 0 aliphatic rings. The lowest BCUT2D eigenvalue weighted by Gasteiger charge is -2.13. The maximum Gasteiger partial charge on any atom is 0.387 e. The van der Waals surface area contributed by atoms with Gasteiger partial charge in [-0.15, -0.1) is 0 Å². The Bertz CT molecular complexity index is 1440. The molecule has 1 heterocycles. The number of ether oxygens (including phenoxy) is 3. The molecule has 1 aromatic heterocycles. The molecule has 0 aliphatic carbocycles. The number of aromatic nitrogens is 1. The Kier molecular flexibility index (Phi) is 8.37. The molecule has 0 aliphatic heterocycles. The number of alkyl halides is 4. The lowest BCUT2D eigenvalue weighted by Crippen LogP contribution is -2.19. The van der Waals surface area contributed by atoms with Gasteiger partial charge in [-0.25, -0.2) is 5.43 Å². The molecular weight excluding hydrogens is 506 g/mol. The first kappa shape index (κ1) is 26.4. The SMILES string of the molecule is C/C(=N/NC(=O)c1ccc(COc2cccc3cccnc23)cc1)c1ccc(OC(F)F)cc1OC(F)F. The molecule has 11 heteroatoms. The Labute approximate surface area is 214 Å². The van der Waals surface area contributed by atoms with Crippen molar-refractivity contribution < 1.29 is 36.6 Å². The van der Waals surface area contributed by atoms with Crippen LogP contribution in [-0.2, 0) is 6.61 Å². The number of benzene rings is 3. The number of rotatable bonds is 10. The third-order valence-corrected chi connectivity index (χ3v) is 5.32. The second kappa shape index (κ2) is 12.0. The number of pyridine rings is 1. The number of hydrazone groups is 1. The van der Waals surface area contributed by atoms with Gasteiger partial charge in [0.05, 0.1) is 5.71 Å². The maximum absolute atomic E-state index is 12.8. The number of carbonyl (C=O) groups is 1. The smallest absolute Gasteiger partial charge is 0.387 e. The summed E-state index contributed by atoms with van der Waals surface area (Å²) in [5, 5.41) is 4.88. The van der Waals surface area contributed by atoms with Crippen LogP contribution >= 0.6 is 0 Å². The van der Waals surface area contributed by atoms with Crippen LogP contribution in [0.4, 0.5) is 17.6 Å². The summed E-state index contributed by atoms with van der Waals surface area (Å²) < 4.78 is 65.1. The van der Waals surface area contributed by atoms with E-state index in [2.05, 4.69) is 25.0 Å². The van der Waals surface area contributed by atoms with Crippen molar-refractivity contribution in [1.29, 1.82) is 0 Å². The van der Waals surface area contributed by atoms with E-state index < -0.39 is 24.9 Å². The van der Waals surface area contributed by atoms with Crippen LogP contribution in [0.5, 0.6) is 17.2 Å². The van der Waals surface area contributed by atoms with Crippen molar-refractivity contribution in [2.75, 3.05) is 0 Å². The van der Waals surface area contributed by atoms with Crippen molar-refractivity contribution >= 4 is 22.5 Å². The first-order chi connectivity index (χ1) is 18.3. The van der Waals surface area contributed by atoms with E-state index in [9.17, 15) is 22.4 Å². The van der Waals surface area contributed by atoms with Crippen molar-refractivity contribution in [3.8, 4) is 17.2 Å². The van der Waals surface area contributed by atoms with Gasteiger partial charge < -0.3 is 14.2 Å². The van der Waals surface area contributed by atoms with Gasteiger partial charge in [-0.3, -0.25) is 9.78 Å². The Hall–Kier alpha value is -4.67. The topological polar surface area (TPSA) is 82.0 Å². The number of hydrogen-bond acceptors (Lipinski definition) is 6. The summed E-state index contributed by atoms with van der Waals surface area (Å²) in [5.74, 6) is -0.709. The lowest BCUT2D eigenvalue weighted by molar-refractivity contribution is -0.0543. The standard InChI is InChI=1S/C27H21F4N3O4/c1-16(21-12-11-20(37-26(28)29)14-23(21)38-27(30)31)33-34-25(35)19-9-7-17(8-10-19)15-36-22-6-2-4-18-5-3-13-32-24(18)22/h2-14,26-27H,15H2,1H3,(H,34,35)/b33-16-. The van der Waals surface area contributed by atoms with Gasteiger partial charge in [0.15, 0.2) is 0 Å². The second-order valence-corrected chi connectivity index (χ2v) is 7.87. The van der Waals surface area contributed by atoms with Gasteiger partial charge in [-0.05, 0) is 48.9 Å². The number of para-hydroxylation sites is 1. The largest absolute Gasteiger partial charge is 0.487 e. The third-order valence-electron chi connectivity index (χ3n) is 5.32. The summed E-state index contributed by atoms with van der Waals surface area (Å²) in [6, 6.07) is 19.3. The highest BCUT2D eigenvalue weighted by Crippen LogP contribution is 2.28. The van der Waals surface area contributed by atoms with Crippen LogP contribution < -0.4 is 19.6 Å². The highest BCUT2D eigenvalue weighted by atomic mass is 19.3. The van der Waals surface area contributed by atoms with Gasteiger partial charge in [-0.1, -0.05) is 30.3 Å². The van der Waals surface area contributed by atoms with Crippen molar-refractivity contribution in [2.24, 2.45) is 5.10 Å². The molecule has 1 amide bonds. The van der Waals surface area contributed by atoms with E-state index in [0.717, 1.165) is 28.6 Å². The molecule has 196 valence electrons. The minimum Gasteiger partial charge on any atom is -0.487 e. The van der Waals surface area contributed by atoms with E-state index in [0.29, 0.717) is 11.3 Å². The lowest BCUT2D eigenvalue weighted by atomic mass is 10.1. The van der Waals surface area contributed by atoms with Gasteiger partial charge in [0.2, 0.25) is 0 Å². The summed E-state index contributed by atoms with van der Waals surface area (Å²) >= 11 is 0. The predicted octanol–water partition coefficient (Wildman–Crippen LogP) is 6.17. The monoisotopic (exact) mass is 527 g/mol. The predicted molar refractivity (Wildman–Crippen MR) is 132 cm³/mol. The Morgan fingerprint density at radius 2 is 1.66 bits per heavy atom. The second-order valence-electron chi connectivity index (χ2n) is 7.87. The maximum atomic E-state index is 12.8. The fraction of sp³-hybridized carbons (Fsp3) is 0.148. The molecule has 1 N–H and O–H groups in total. The van der Waals surface area contributed by atoms with Crippen LogP contribution in [0.15, 0.2) is 84.1 Å². The van der Waals surface area contributed by atoms with E-state index in [1.807, 2.05) is 30.3 Å². The van der Waals surface area contributed by atoms with Gasteiger partial charge in [-0.2, -0.15) is 22.7 Å². The van der Waals surface area contributed by atoms with Crippen LogP contribution in [0.3, 0.4) is 0 Å². The molecule has 3 aromatic carbocycles. The Balaban J connectivity index is 1.40. The van der Waals surface area contributed by atoms with Crippen LogP contribution in [-0.4, -0.2) is 29.8 Å². The van der Waals surface area contributed by atoms with Gasteiger partial charge >= 0.3 is 13.2 Å². The molecule has 4 rings (SSSR count). The summed E-state index contributed by atoms with van der Waals surface area (Å²) in [5.41, 5.74) is 4.35. The fourth-order valence-electron chi connectivity index (χ4n) is 3.54. The first-order valence-corrected chi connectivity index (χ1v) is 11.2. The minimum absolute atomic E-state index is 0.0580. The number of halogens is 4. The highest BCUT2D eigenvalue weighted by molar-refractivity contribution is 6.02. The quantitative estimate of drug-likeness (QED) is 0.152. The van der Waals surface area contributed by atoms with E-state index in [4.69, 9.17) is 4.74 Å². The summed E-state index contributed by atoms with van der Waals surface area (Å²) in [7, 11) is 0. The normalized spacial score (nSPS) is 11.6. The van der Waals surface area contributed by atoms with E-state index in [1.54, 1.807) is 30.5 Å². The summed E-state index contributed by atoms with van der Waals surface area (Å²) in [4.78, 5) is 16.9. The van der Waals surface area contributed by atoms with Crippen LogP contribution in [0.2, 0.25) is 0 Å². The van der Waals surface area contributed by atoms with Crippen LogP contribution in [0.25, 0.3) is 10.9 Å². The Morgan fingerprint density at radius 3 is 2.39 bits per heavy atom. The number of nitrogens with zero attached hydrogens (tertiary/aromatic N) is 2. The van der Waals surface area contributed by atoms with Crippen molar-refractivity contribution in [3.63, 3.8) is 0 Å². The number of fused-ring (bicyclic) bond motifs is 1. The number of amides is 1. The van der Waals surface area contributed by atoms with Crippen LogP contribution in [0.1, 0.15) is 28.4 Å². The van der Waals surface area contributed by atoms with E-state index in [1.165, 1.54) is 13.0 Å². The number of carbonyl (C=O) groups excluding carboxylic acids is 1. The van der Waals surface area contributed by atoms with E-state index in [-0.39, 0.29) is 23.6 Å². The molecule has 38 heavy (non-hydrogen) atoms. The Morgan fingerprint density at radius 1 is 0.921 bits per heavy atom. The molecule has 0 fully saturated rings. The molecule has 0 saturated carbocycles. The fourth-order valence-corrected chi connectivity index (χ4v) is 3.54. The number of hydrogen-bond donors (Lipinski definition) is 1. The average Bonchev–Trinajstić information content (AvgIpc) is 2.90.